The van der Waals surface area contributed by atoms with Crippen molar-refractivity contribution in [3.63, 3.8) is 0 Å². The Hall–Kier alpha value is -3.32. The van der Waals surface area contributed by atoms with Gasteiger partial charge < -0.3 is 14.8 Å². The number of rotatable bonds is 9. The summed E-state index contributed by atoms with van der Waals surface area (Å²) in [6.07, 6.45) is 4.29. The first-order chi connectivity index (χ1) is 17.0. The maximum absolute atomic E-state index is 14.0. The first-order valence-electron chi connectivity index (χ1n) is 11.9. The molecule has 2 amide bonds. The number of hydrogen-bond acceptors (Lipinski definition) is 5. The van der Waals surface area contributed by atoms with E-state index in [9.17, 15) is 9.59 Å². The summed E-state index contributed by atoms with van der Waals surface area (Å²) in [5.41, 5.74) is 2.22. The molecule has 1 atom stereocenters. The molecule has 0 radical (unpaired) electrons. The van der Waals surface area contributed by atoms with Gasteiger partial charge >= 0.3 is 0 Å². The predicted octanol–water partition coefficient (Wildman–Crippen LogP) is 5.45. The first-order valence-corrected chi connectivity index (χ1v) is 12.8. The van der Waals surface area contributed by atoms with Crippen LogP contribution in [0.15, 0.2) is 60.0 Å². The molecule has 1 aliphatic carbocycles. The largest absolute Gasteiger partial charge is 0.497 e. The summed E-state index contributed by atoms with van der Waals surface area (Å²) in [7, 11) is 3.17. The van der Waals surface area contributed by atoms with Crippen LogP contribution >= 0.6 is 11.3 Å². The molecule has 1 heterocycles. The lowest BCUT2D eigenvalue weighted by Gasteiger charge is -2.33. The Morgan fingerprint density at radius 1 is 1.06 bits per heavy atom. The molecule has 7 heteroatoms. The van der Waals surface area contributed by atoms with Gasteiger partial charge in [-0.15, -0.1) is 11.3 Å². The summed E-state index contributed by atoms with van der Waals surface area (Å²) in [5.74, 6) is 0.790. The average molecular weight is 493 g/mol. The van der Waals surface area contributed by atoms with Gasteiger partial charge in [-0.05, 0) is 66.6 Å². The summed E-state index contributed by atoms with van der Waals surface area (Å²) in [4.78, 5) is 30.4. The number of nitrogens with zero attached hydrogens (tertiary/aromatic N) is 1. The van der Waals surface area contributed by atoms with Crippen molar-refractivity contribution >= 4 is 28.8 Å². The molecule has 0 aliphatic heterocycles. The lowest BCUT2D eigenvalue weighted by Crippen LogP contribution is -2.47. The van der Waals surface area contributed by atoms with E-state index in [-0.39, 0.29) is 24.3 Å². The van der Waals surface area contributed by atoms with Crippen LogP contribution in [-0.2, 0) is 16.0 Å². The van der Waals surface area contributed by atoms with Crippen LogP contribution in [0.2, 0.25) is 0 Å². The zero-order valence-corrected chi connectivity index (χ0v) is 21.3. The number of ether oxygens (including phenoxy) is 2. The number of nitrogens with one attached hydrogen (secondary N) is 1. The third kappa shape index (κ3) is 5.85. The Balaban J connectivity index is 1.84. The van der Waals surface area contributed by atoms with Gasteiger partial charge in [0.05, 0.1) is 26.3 Å². The van der Waals surface area contributed by atoms with Crippen molar-refractivity contribution in [1.82, 2.24) is 5.32 Å². The van der Waals surface area contributed by atoms with Gasteiger partial charge in [-0.3, -0.25) is 14.5 Å². The SMILES string of the molecule is COc1cccc([C@H](C(=O)NC2CCCC2)N(C(=O)Cc2cccs2)c2cc(C)ccc2OC)c1. The van der Waals surface area contributed by atoms with Crippen LogP contribution in [0, 0.1) is 6.92 Å². The fourth-order valence-electron chi connectivity index (χ4n) is 4.63. The topological polar surface area (TPSA) is 67.9 Å². The van der Waals surface area contributed by atoms with E-state index in [0.29, 0.717) is 22.7 Å². The molecule has 0 unspecified atom stereocenters. The second-order valence-electron chi connectivity index (χ2n) is 8.86. The molecule has 3 aromatic rings. The van der Waals surface area contributed by atoms with Crippen LogP contribution in [0.1, 0.15) is 47.7 Å². The minimum absolute atomic E-state index is 0.115. The standard InChI is InChI=1S/C28H32N2O4S/c1-19-13-14-25(34-3)24(16-19)30(26(31)18-23-12-7-15-35-23)27(20-8-6-11-22(17-20)33-2)28(32)29-21-9-4-5-10-21/h6-8,11-17,21,27H,4-5,9-10,18H2,1-3H3,(H,29,32)/t27-/m1/s1. The Kier molecular flexibility index (Phi) is 8.08. The molecule has 4 rings (SSSR count). The van der Waals surface area contributed by atoms with Crippen molar-refractivity contribution in [3.05, 3.63) is 76.0 Å². The number of benzene rings is 2. The molecule has 6 nitrogen and oxygen atoms in total. The number of anilines is 1. The van der Waals surface area contributed by atoms with Crippen LogP contribution in [-0.4, -0.2) is 32.1 Å². The number of thiophene rings is 1. The van der Waals surface area contributed by atoms with Gasteiger partial charge in [0.25, 0.3) is 0 Å². The number of aryl methyl sites for hydroxylation is 1. The molecule has 1 aliphatic rings. The fourth-order valence-corrected chi connectivity index (χ4v) is 5.33. The highest BCUT2D eigenvalue weighted by atomic mass is 32.1. The van der Waals surface area contributed by atoms with Crippen LogP contribution < -0.4 is 19.7 Å². The molecular weight excluding hydrogens is 460 g/mol. The van der Waals surface area contributed by atoms with E-state index in [4.69, 9.17) is 9.47 Å². The number of amides is 2. The number of carbonyl (C=O) groups is 2. The molecule has 0 spiro atoms. The Morgan fingerprint density at radius 3 is 2.54 bits per heavy atom. The van der Waals surface area contributed by atoms with Crippen molar-refractivity contribution in [2.24, 2.45) is 0 Å². The predicted molar refractivity (Wildman–Crippen MR) is 139 cm³/mol. The van der Waals surface area contributed by atoms with E-state index in [1.807, 2.05) is 66.9 Å². The van der Waals surface area contributed by atoms with E-state index in [1.54, 1.807) is 19.1 Å². The zero-order valence-electron chi connectivity index (χ0n) is 20.5. The van der Waals surface area contributed by atoms with Crippen molar-refractivity contribution < 1.29 is 19.1 Å². The fraction of sp³-hybridized carbons (Fsp3) is 0.357. The van der Waals surface area contributed by atoms with Gasteiger partial charge in [0.2, 0.25) is 11.8 Å². The minimum Gasteiger partial charge on any atom is -0.497 e. The molecule has 1 saturated carbocycles. The maximum Gasteiger partial charge on any atom is 0.248 e. The molecular formula is C28H32N2O4S. The lowest BCUT2D eigenvalue weighted by molar-refractivity contribution is -0.127. The van der Waals surface area contributed by atoms with Crippen LogP contribution in [0.5, 0.6) is 11.5 Å². The third-order valence-electron chi connectivity index (χ3n) is 6.39. The number of carbonyl (C=O) groups excluding carboxylic acids is 2. The summed E-state index contributed by atoms with van der Waals surface area (Å²) in [6.45, 7) is 1.96. The molecule has 1 fully saturated rings. The van der Waals surface area contributed by atoms with Gasteiger partial charge in [-0.2, -0.15) is 0 Å². The highest BCUT2D eigenvalue weighted by molar-refractivity contribution is 7.10. The Labute approximate surface area is 210 Å². The van der Waals surface area contributed by atoms with Crippen LogP contribution in [0.4, 0.5) is 5.69 Å². The highest BCUT2D eigenvalue weighted by Gasteiger charge is 2.36. The molecule has 2 aromatic carbocycles. The van der Waals surface area contributed by atoms with Gasteiger partial charge in [0, 0.05) is 10.9 Å². The summed E-state index contributed by atoms with van der Waals surface area (Å²) in [6, 6.07) is 16.2. The molecule has 1 aromatic heterocycles. The summed E-state index contributed by atoms with van der Waals surface area (Å²) in [5, 5.41) is 5.17. The Morgan fingerprint density at radius 2 is 1.86 bits per heavy atom. The monoisotopic (exact) mass is 492 g/mol. The molecule has 35 heavy (non-hydrogen) atoms. The summed E-state index contributed by atoms with van der Waals surface area (Å²) >= 11 is 1.53. The number of methoxy groups -OCH3 is 2. The lowest BCUT2D eigenvalue weighted by atomic mass is 10.0. The van der Waals surface area contributed by atoms with E-state index in [1.165, 1.54) is 11.3 Å². The van der Waals surface area contributed by atoms with E-state index in [0.717, 1.165) is 36.1 Å². The smallest absolute Gasteiger partial charge is 0.248 e. The van der Waals surface area contributed by atoms with Crippen molar-refractivity contribution in [3.8, 4) is 11.5 Å². The van der Waals surface area contributed by atoms with E-state index in [2.05, 4.69) is 5.32 Å². The van der Waals surface area contributed by atoms with Crippen LogP contribution in [0.25, 0.3) is 0 Å². The minimum atomic E-state index is -0.881. The summed E-state index contributed by atoms with van der Waals surface area (Å²) < 4.78 is 11.1. The van der Waals surface area contributed by atoms with E-state index < -0.39 is 6.04 Å². The molecule has 1 N–H and O–H groups in total. The van der Waals surface area contributed by atoms with Crippen LogP contribution in [0.3, 0.4) is 0 Å². The quantitative estimate of drug-likeness (QED) is 0.431. The van der Waals surface area contributed by atoms with Gasteiger partial charge in [0.1, 0.15) is 17.5 Å². The average Bonchev–Trinajstić information content (AvgIpc) is 3.56. The molecule has 0 bridgehead atoms. The molecule has 184 valence electrons. The second-order valence-corrected chi connectivity index (χ2v) is 9.90. The second kappa shape index (κ2) is 11.4. The van der Waals surface area contributed by atoms with Gasteiger partial charge in [-0.25, -0.2) is 0 Å². The zero-order chi connectivity index (χ0) is 24.8. The highest BCUT2D eigenvalue weighted by Crippen LogP contribution is 2.37. The van der Waals surface area contributed by atoms with Crippen molar-refractivity contribution in [2.75, 3.05) is 19.1 Å². The van der Waals surface area contributed by atoms with E-state index >= 15 is 0 Å². The maximum atomic E-state index is 14.0. The van der Waals surface area contributed by atoms with Crippen molar-refractivity contribution in [2.45, 2.75) is 51.1 Å². The Bertz CT molecular complexity index is 1160. The molecule has 0 saturated heterocycles. The first kappa shape index (κ1) is 24.8. The van der Waals surface area contributed by atoms with Gasteiger partial charge in [-0.1, -0.05) is 37.1 Å². The van der Waals surface area contributed by atoms with Gasteiger partial charge in [0.15, 0.2) is 0 Å². The third-order valence-corrected chi connectivity index (χ3v) is 7.26. The number of hydrogen-bond donors (Lipinski definition) is 1. The normalized spacial score (nSPS) is 14.4. The van der Waals surface area contributed by atoms with Crippen molar-refractivity contribution in [1.29, 1.82) is 0 Å².